The van der Waals surface area contributed by atoms with E-state index in [2.05, 4.69) is 44.0 Å². The van der Waals surface area contributed by atoms with Gasteiger partial charge < -0.3 is 4.90 Å². The van der Waals surface area contributed by atoms with Crippen LogP contribution in [0.2, 0.25) is 0 Å². The number of aromatic nitrogens is 2. The number of anilines is 1. The van der Waals surface area contributed by atoms with Gasteiger partial charge in [-0.1, -0.05) is 24.3 Å². The van der Waals surface area contributed by atoms with E-state index in [4.69, 9.17) is 0 Å². The van der Waals surface area contributed by atoms with Crippen molar-refractivity contribution >= 4 is 5.82 Å². The summed E-state index contributed by atoms with van der Waals surface area (Å²) in [5.41, 5.74) is 3.02. The van der Waals surface area contributed by atoms with Gasteiger partial charge in [0.05, 0.1) is 6.20 Å². The highest BCUT2D eigenvalue weighted by molar-refractivity contribution is 5.40. The average Bonchev–Trinajstić information content (AvgIpc) is 2.47. The molecule has 4 heteroatoms. The lowest BCUT2D eigenvalue weighted by molar-refractivity contribution is 0.150. The van der Waals surface area contributed by atoms with Crippen LogP contribution in [0.4, 0.5) is 5.82 Å². The first kappa shape index (κ1) is 11.9. The van der Waals surface area contributed by atoms with Gasteiger partial charge in [0.2, 0.25) is 0 Å². The van der Waals surface area contributed by atoms with Crippen molar-refractivity contribution in [2.75, 3.05) is 24.5 Å². The van der Waals surface area contributed by atoms with Crippen LogP contribution in [0.5, 0.6) is 0 Å². The molecule has 0 amide bonds. The molecule has 3 heterocycles. The molecule has 2 aliphatic rings. The van der Waals surface area contributed by atoms with E-state index < -0.39 is 0 Å². The van der Waals surface area contributed by atoms with Crippen LogP contribution < -0.4 is 4.90 Å². The van der Waals surface area contributed by atoms with E-state index in [9.17, 15) is 0 Å². The fourth-order valence-electron chi connectivity index (χ4n) is 3.16. The van der Waals surface area contributed by atoms with Gasteiger partial charge in [-0.25, -0.2) is 4.98 Å². The van der Waals surface area contributed by atoms with Gasteiger partial charge in [-0.3, -0.25) is 9.88 Å². The molecule has 0 radical (unpaired) electrons. The van der Waals surface area contributed by atoms with Crippen molar-refractivity contribution in [3.8, 4) is 0 Å². The summed E-state index contributed by atoms with van der Waals surface area (Å²) in [6, 6.07) is 9.48. The molecule has 0 unspecified atom stereocenters. The predicted molar refractivity (Wildman–Crippen MR) is 78.6 cm³/mol. The van der Waals surface area contributed by atoms with E-state index in [1.807, 2.05) is 6.20 Å². The minimum atomic E-state index is 0.658. The third kappa shape index (κ3) is 2.06. The molecule has 4 nitrogen and oxygen atoms in total. The second kappa shape index (κ2) is 4.87. The maximum atomic E-state index is 4.36. The van der Waals surface area contributed by atoms with Gasteiger partial charge in [-0.2, -0.15) is 0 Å². The highest BCUT2D eigenvalue weighted by Crippen LogP contribution is 2.26. The molecule has 1 fully saturated rings. The molecular formula is C16H18N4. The lowest BCUT2D eigenvalue weighted by Crippen LogP contribution is -2.60. The van der Waals surface area contributed by atoms with E-state index in [1.54, 1.807) is 12.4 Å². The summed E-state index contributed by atoms with van der Waals surface area (Å²) < 4.78 is 0. The second-order valence-electron chi connectivity index (χ2n) is 5.61. The Morgan fingerprint density at radius 2 is 1.90 bits per heavy atom. The fourth-order valence-corrected chi connectivity index (χ4v) is 3.16. The Balaban J connectivity index is 1.40. The minimum Gasteiger partial charge on any atom is -0.352 e. The van der Waals surface area contributed by atoms with E-state index >= 15 is 0 Å². The molecule has 20 heavy (non-hydrogen) atoms. The van der Waals surface area contributed by atoms with Crippen LogP contribution in [0, 0.1) is 0 Å². The van der Waals surface area contributed by atoms with Crippen LogP contribution >= 0.6 is 0 Å². The van der Waals surface area contributed by atoms with Gasteiger partial charge in [0.15, 0.2) is 0 Å². The maximum absolute atomic E-state index is 4.36. The first-order valence-corrected chi connectivity index (χ1v) is 7.22. The van der Waals surface area contributed by atoms with Crippen molar-refractivity contribution in [2.24, 2.45) is 0 Å². The van der Waals surface area contributed by atoms with E-state index in [-0.39, 0.29) is 0 Å². The molecule has 102 valence electrons. The normalized spacial score (nSPS) is 19.5. The maximum Gasteiger partial charge on any atom is 0.147 e. The molecule has 0 saturated carbocycles. The first-order valence-electron chi connectivity index (χ1n) is 7.22. The van der Waals surface area contributed by atoms with Gasteiger partial charge in [0, 0.05) is 44.6 Å². The fraction of sp³-hybridized carbons (Fsp3) is 0.375. The Morgan fingerprint density at radius 1 is 1.05 bits per heavy atom. The van der Waals surface area contributed by atoms with Crippen LogP contribution in [0.15, 0.2) is 42.9 Å². The quantitative estimate of drug-likeness (QED) is 0.828. The smallest absolute Gasteiger partial charge is 0.147 e. The van der Waals surface area contributed by atoms with Gasteiger partial charge in [-0.05, 0) is 17.5 Å². The molecule has 1 aromatic heterocycles. The third-order valence-electron chi connectivity index (χ3n) is 4.41. The largest absolute Gasteiger partial charge is 0.352 e. The highest BCUT2D eigenvalue weighted by Gasteiger charge is 2.33. The standard InChI is InChI=1S/C16H18N4/c1-2-4-14-10-19(8-5-13(14)3-1)15-11-20(12-15)16-9-17-6-7-18-16/h1-4,6-7,9,15H,5,8,10-12H2. The summed E-state index contributed by atoms with van der Waals surface area (Å²) in [7, 11) is 0. The summed E-state index contributed by atoms with van der Waals surface area (Å²) in [4.78, 5) is 13.4. The Kier molecular flexibility index (Phi) is 2.89. The molecule has 0 bridgehead atoms. The number of benzene rings is 1. The van der Waals surface area contributed by atoms with E-state index in [0.29, 0.717) is 6.04 Å². The molecule has 0 N–H and O–H groups in total. The van der Waals surface area contributed by atoms with E-state index in [0.717, 1.165) is 25.5 Å². The first-order chi connectivity index (χ1) is 9.90. The summed E-state index contributed by atoms with van der Waals surface area (Å²) in [5.74, 6) is 1.00. The van der Waals surface area contributed by atoms with Crippen molar-refractivity contribution in [3.05, 3.63) is 54.0 Å². The lowest BCUT2D eigenvalue weighted by Gasteiger charge is -2.47. The Hall–Kier alpha value is -1.94. The Labute approximate surface area is 119 Å². The summed E-state index contributed by atoms with van der Waals surface area (Å²) in [6.07, 6.45) is 6.52. The Morgan fingerprint density at radius 3 is 2.70 bits per heavy atom. The summed E-state index contributed by atoms with van der Waals surface area (Å²) >= 11 is 0. The number of hydrogen-bond acceptors (Lipinski definition) is 4. The number of hydrogen-bond donors (Lipinski definition) is 0. The number of fused-ring (bicyclic) bond motifs is 1. The average molecular weight is 266 g/mol. The third-order valence-corrected chi connectivity index (χ3v) is 4.41. The molecule has 0 aliphatic carbocycles. The zero-order chi connectivity index (χ0) is 13.4. The number of nitrogens with zero attached hydrogens (tertiary/aromatic N) is 4. The number of rotatable bonds is 2. The minimum absolute atomic E-state index is 0.658. The second-order valence-corrected chi connectivity index (χ2v) is 5.61. The molecule has 4 rings (SSSR count). The molecule has 1 saturated heterocycles. The molecule has 0 spiro atoms. The molecule has 2 aromatic rings. The molecule has 2 aliphatic heterocycles. The van der Waals surface area contributed by atoms with Gasteiger partial charge >= 0.3 is 0 Å². The van der Waals surface area contributed by atoms with Crippen molar-refractivity contribution in [1.82, 2.24) is 14.9 Å². The lowest BCUT2D eigenvalue weighted by atomic mass is 9.96. The van der Waals surface area contributed by atoms with Crippen molar-refractivity contribution in [2.45, 2.75) is 19.0 Å². The molecule has 0 atom stereocenters. The van der Waals surface area contributed by atoms with Gasteiger partial charge in [0.25, 0.3) is 0 Å². The predicted octanol–water partition coefficient (Wildman–Crippen LogP) is 1.72. The summed E-state index contributed by atoms with van der Waals surface area (Å²) in [5, 5.41) is 0. The van der Waals surface area contributed by atoms with Crippen molar-refractivity contribution in [3.63, 3.8) is 0 Å². The van der Waals surface area contributed by atoms with Crippen LogP contribution in [-0.2, 0) is 13.0 Å². The SMILES string of the molecule is c1ccc2c(c1)CCN(C1CN(c3cnccn3)C1)C2. The van der Waals surface area contributed by atoms with Gasteiger partial charge in [0.1, 0.15) is 5.82 Å². The van der Waals surface area contributed by atoms with Crippen LogP contribution in [0.25, 0.3) is 0 Å². The van der Waals surface area contributed by atoms with Crippen LogP contribution in [-0.4, -0.2) is 40.5 Å². The topological polar surface area (TPSA) is 32.3 Å². The Bertz CT molecular complexity index is 592. The van der Waals surface area contributed by atoms with Gasteiger partial charge in [-0.15, -0.1) is 0 Å². The highest BCUT2D eigenvalue weighted by atomic mass is 15.3. The zero-order valence-electron chi connectivity index (χ0n) is 11.4. The van der Waals surface area contributed by atoms with E-state index in [1.165, 1.54) is 24.1 Å². The van der Waals surface area contributed by atoms with Crippen LogP contribution in [0.1, 0.15) is 11.1 Å². The van der Waals surface area contributed by atoms with Crippen LogP contribution in [0.3, 0.4) is 0 Å². The molecule has 1 aromatic carbocycles. The monoisotopic (exact) mass is 266 g/mol. The summed E-state index contributed by atoms with van der Waals surface area (Å²) in [6.45, 7) is 4.41. The molecular weight excluding hydrogens is 248 g/mol. The van der Waals surface area contributed by atoms with Crippen molar-refractivity contribution < 1.29 is 0 Å². The van der Waals surface area contributed by atoms with Crippen molar-refractivity contribution in [1.29, 1.82) is 0 Å². The zero-order valence-corrected chi connectivity index (χ0v) is 11.4.